The number of imide groups is 1. The van der Waals surface area contributed by atoms with Crippen molar-refractivity contribution in [2.75, 3.05) is 0 Å². The van der Waals surface area contributed by atoms with Crippen LogP contribution in [0.2, 0.25) is 0 Å². The molecule has 3 fully saturated rings. The minimum atomic E-state index is -0.692. The molecule has 180 valence electrons. The Hall–Kier alpha value is -4.29. The summed E-state index contributed by atoms with van der Waals surface area (Å²) in [6.07, 6.45) is 2.35. The molecule has 3 N–H and O–H groups in total. The molecule has 2 saturated heterocycles. The van der Waals surface area contributed by atoms with Gasteiger partial charge in [-0.1, -0.05) is 5.21 Å². The normalized spacial score (nSPS) is 27.3. The Balaban J connectivity index is 1.16. The minimum absolute atomic E-state index is 0.0175. The maximum atomic E-state index is 12.9. The third-order valence-corrected chi connectivity index (χ3v) is 6.90. The fraction of sp³-hybridized carbons (Fsp3) is 0.409. The van der Waals surface area contributed by atoms with Gasteiger partial charge < -0.3 is 20.3 Å². The molecule has 0 spiro atoms. The Morgan fingerprint density at radius 3 is 2.86 bits per heavy atom. The number of ether oxygens (including phenoxy) is 1. The van der Waals surface area contributed by atoms with E-state index in [1.807, 2.05) is 0 Å². The first kappa shape index (κ1) is 21.3. The number of nitrogens with zero attached hydrogens (tertiary/aromatic N) is 4. The quantitative estimate of drug-likeness (QED) is 0.489. The van der Waals surface area contributed by atoms with Crippen LogP contribution in [-0.2, 0) is 20.9 Å². The molecule has 4 heterocycles. The molecule has 2 bridgehead atoms. The SMILES string of the molecule is O=C1CCC(N2Cc3cc(-n4cc(C(=O)N[C@@H]5C[C@@H]6C[C@H]5OC(=O)N6)nn4)ccc3C2=O)C(=O)N1. The van der Waals surface area contributed by atoms with Crippen LogP contribution in [0.25, 0.3) is 5.69 Å². The Morgan fingerprint density at radius 1 is 1.17 bits per heavy atom. The van der Waals surface area contributed by atoms with Crippen LogP contribution in [0.3, 0.4) is 0 Å². The summed E-state index contributed by atoms with van der Waals surface area (Å²) in [5, 5.41) is 15.9. The maximum absolute atomic E-state index is 12.9. The van der Waals surface area contributed by atoms with Crippen molar-refractivity contribution in [3.63, 3.8) is 0 Å². The molecular weight excluding hydrogens is 458 g/mol. The van der Waals surface area contributed by atoms with E-state index >= 15 is 0 Å². The topological polar surface area (TPSA) is 165 Å². The number of benzene rings is 1. The summed E-state index contributed by atoms with van der Waals surface area (Å²) in [7, 11) is 0. The van der Waals surface area contributed by atoms with E-state index in [1.54, 1.807) is 18.2 Å². The van der Waals surface area contributed by atoms with Gasteiger partial charge in [0.15, 0.2) is 5.69 Å². The van der Waals surface area contributed by atoms with Gasteiger partial charge in [-0.05, 0) is 36.6 Å². The van der Waals surface area contributed by atoms with Gasteiger partial charge in [0.2, 0.25) is 11.8 Å². The van der Waals surface area contributed by atoms with Crippen LogP contribution in [0.5, 0.6) is 0 Å². The third-order valence-electron chi connectivity index (χ3n) is 6.90. The second-order valence-corrected chi connectivity index (χ2v) is 9.13. The van der Waals surface area contributed by atoms with Gasteiger partial charge in [0, 0.05) is 31.0 Å². The van der Waals surface area contributed by atoms with Crippen LogP contribution in [0.15, 0.2) is 24.4 Å². The highest BCUT2D eigenvalue weighted by Gasteiger charge is 2.43. The number of alkyl carbamates (subject to hydrolysis) is 1. The van der Waals surface area contributed by atoms with E-state index in [9.17, 15) is 24.0 Å². The highest BCUT2D eigenvalue weighted by molar-refractivity contribution is 6.05. The van der Waals surface area contributed by atoms with Crippen LogP contribution >= 0.6 is 0 Å². The van der Waals surface area contributed by atoms with Crippen LogP contribution in [0.1, 0.15) is 52.1 Å². The number of piperidine rings is 1. The van der Waals surface area contributed by atoms with E-state index in [2.05, 4.69) is 26.3 Å². The number of carbonyl (C=O) groups is 5. The first-order chi connectivity index (χ1) is 16.9. The van der Waals surface area contributed by atoms with Crippen molar-refractivity contribution in [3.05, 3.63) is 41.2 Å². The average molecular weight is 479 g/mol. The Labute approximate surface area is 198 Å². The summed E-state index contributed by atoms with van der Waals surface area (Å²) in [5.74, 6) is -1.49. The van der Waals surface area contributed by atoms with Crippen molar-refractivity contribution in [1.82, 2.24) is 35.8 Å². The van der Waals surface area contributed by atoms with Gasteiger partial charge in [0.05, 0.1) is 17.9 Å². The Bertz CT molecular complexity index is 1290. The number of carbonyl (C=O) groups excluding carboxylic acids is 5. The number of rotatable bonds is 4. The second-order valence-electron chi connectivity index (χ2n) is 9.13. The van der Waals surface area contributed by atoms with E-state index in [0.29, 0.717) is 29.7 Å². The lowest BCUT2D eigenvalue weighted by Gasteiger charge is -2.29. The molecule has 5 amide bonds. The third kappa shape index (κ3) is 3.68. The molecule has 1 aromatic heterocycles. The molecule has 6 rings (SSSR count). The Kier molecular flexibility index (Phi) is 4.79. The van der Waals surface area contributed by atoms with Crippen molar-refractivity contribution in [3.8, 4) is 5.69 Å². The molecule has 13 heteroatoms. The monoisotopic (exact) mass is 479 g/mol. The van der Waals surface area contributed by atoms with Crippen molar-refractivity contribution in [2.45, 2.75) is 56.5 Å². The molecule has 0 radical (unpaired) electrons. The molecule has 13 nitrogen and oxygen atoms in total. The Morgan fingerprint density at radius 2 is 2.03 bits per heavy atom. The van der Waals surface area contributed by atoms with E-state index in [1.165, 1.54) is 15.8 Å². The number of aromatic nitrogens is 3. The number of fused-ring (bicyclic) bond motifs is 3. The standard InChI is InChI=1S/C22H21N7O6/c30-18-4-3-16(20(32)25-18)28-8-10-5-12(1-2-13(10)21(28)33)29-9-15(26-27-29)19(31)24-14-6-11-7-17(14)35-22(34)23-11/h1-2,5,9,11,14,16-17H,3-4,6-8H2,(H,23,34)(H,24,31)(H,25,30,32)/t11-,14-,16?,17-/m1/s1. The predicted octanol–water partition coefficient (Wildman–Crippen LogP) is -0.602. The zero-order valence-electron chi connectivity index (χ0n) is 18.4. The van der Waals surface area contributed by atoms with Crippen molar-refractivity contribution in [2.24, 2.45) is 0 Å². The molecular formula is C22H21N7O6. The predicted molar refractivity (Wildman–Crippen MR) is 115 cm³/mol. The van der Waals surface area contributed by atoms with Gasteiger partial charge >= 0.3 is 6.09 Å². The van der Waals surface area contributed by atoms with E-state index in [-0.39, 0.29) is 55.1 Å². The number of hydrogen-bond donors (Lipinski definition) is 3. The highest BCUT2D eigenvalue weighted by Crippen LogP contribution is 2.29. The second kappa shape index (κ2) is 7.89. The summed E-state index contributed by atoms with van der Waals surface area (Å²) >= 11 is 0. The molecule has 4 atom stereocenters. The summed E-state index contributed by atoms with van der Waals surface area (Å²) in [6, 6.07) is 4.09. The summed E-state index contributed by atoms with van der Waals surface area (Å²) < 4.78 is 6.67. The molecule has 1 unspecified atom stereocenters. The summed E-state index contributed by atoms with van der Waals surface area (Å²) in [5.41, 5.74) is 1.90. The molecule has 1 saturated carbocycles. The lowest BCUT2D eigenvalue weighted by molar-refractivity contribution is -0.136. The number of amides is 5. The summed E-state index contributed by atoms with van der Waals surface area (Å²) in [6.45, 7) is 0.229. The number of nitrogens with one attached hydrogen (secondary N) is 3. The van der Waals surface area contributed by atoms with Crippen LogP contribution in [0, 0.1) is 0 Å². The van der Waals surface area contributed by atoms with E-state index < -0.39 is 23.9 Å². The summed E-state index contributed by atoms with van der Waals surface area (Å²) in [4.78, 5) is 62.2. The molecule has 1 aliphatic carbocycles. The fourth-order valence-corrected chi connectivity index (χ4v) is 5.18. The van der Waals surface area contributed by atoms with Gasteiger partial charge in [-0.3, -0.25) is 24.5 Å². The minimum Gasteiger partial charge on any atom is -0.444 e. The molecule has 35 heavy (non-hydrogen) atoms. The molecule has 2 aromatic rings. The van der Waals surface area contributed by atoms with Crippen molar-refractivity contribution in [1.29, 1.82) is 0 Å². The lowest BCUT2D eigenvalue weighted by Crippen LogP contribution is -2.52. The van der Waals surface area contributed by atoms with Gasteiger partial charge in [-0.15, -0.1) is 5.10 Å². The fourth-order valence-electron chi connectivity index (χ4n) is 5.18. The van der Waals surface area contributed by atoms with Gasteiger partial charge in [0.1, 0.15) is 12.1 Å². The largest absolute Gasteiger partial charge is 0.444 e. The van der Waals surface area contributed by atoms with Gasteiger partial charge in [0.25, 0.3) is 11.8 Å². The highest BCUT2D eigenvalue weighted by atomic mass is 16.6. The first-order valence-corrected chi connectivity index (χ1v) is 11.3. The van der Waals surface area contributed by atoms with Gasteiger partial charge in [-0.25, -0.2) is 9.48 Å². The van der Waals surface area contributed by atoms with Crippen LogP contribution in [0.4, 0.5) is 4.79 Å². The van der Waals surface area contributed by atoms with Crippen molar-refractivity contribution < 1.29 is 28.7 Å². The van der Waals surface area contributed by atoms with Crippen LogP contribution in [-0.4, -0.2) is 73.8 Å². The van der Waals surface area contributed by atoms with Crippen LogP contribution < -0.4 is 16.0 Å². The molecule has 3 aliphatic heterocycles. The first-order valence-electron chi connectivity index (χ1n) is 11.3. The zero-order chi connectivity index (χ0) is 24.3. The van der Waals surface area contributed by atoms with Crippen molar-refractivity contribution >= 4 is 29.7 Å². The smallest absolute Gasteiger partial charge is 0.407 e. The maximum Gasteiger partial charge on any atom is 0.407 e. The van der Waals surface area contributed by atoms with E-state index in [4.69, 9.17) is 4.74 Å². The molecule has 4 aliphatic rings. The van der Waals surface area contributed by atoms with E-state index in [0.717, 1.165) is 0 Å². The molecule has 1 aromatic carbocycles. The van der Waals surface area contributed by atoms with Gasteiger partial charge in [-0.2, -0.15) is 0 Å². The lowest BCUT2D eigenvalue weighted by atomic mass is 10.0. The number of hydrogen-bond acceptors (Lipinski definition) is 8. The zero-order valence-corrected chi connectivity index (χ0v) is 18.4. The average Bonchev–Trinajstić information content (AvgIpc) is 3.50.